The second-order valence-electron chi connectivity index (χ2n) is 8.75. The maximum atomic E-state index is 10.3. The van der Waals surface area contributed by atoms with E-state index in [1.165, 1.54) is 0 Å². The van der Waals surface area contributed by atoms with Crippen LogP contribution in [0.3, 0.4) is 0 Å². The third-order valence-electron chi connectivity index (χ3n) is 6.50. The quantitative estimate of drug-likeness (QED) is 0.288. The van der Waals surface area contributed by atoms with E-state index in [0.717, 1.165) is 44.5 Å². The molecule has 0 unspecified atom stereocenters. The zero-order valence-electron chi connectivity index (χ0n) is 19.2. The molecule has 33 heavy (non-hydrogen) atoms. The Bertz CT molecular complexity index is 1230. The normalized spacial score (nSPS) is 11.5. The number of aryl methyl sites for hydroxylation is 4. The molecule has 0 radical (unpaired) electrons. The predicted molar refractivity (Wildman–Crippen MR) is 130 cm³/mol. The average molecular weight is 441 g/mol. The average Bonchev–Trinajstić information content (AvgIpc) is 2.77. The van der Waals surface area contributed by atoms with Gasteiger partial charge in [-0.05, 0) is 103 Å². The molecule has 0 saturated carbocycles. The largest absolute Gasteiger partial charge is 0.508 e. The van der Waals surface area contributed by atoms with Gasteiger partial charge in [-0.1, -0.05) is 42.5 Å². The van der Waals surface area contributed by atoms with Crippen LogP contribution >= 0.6 is 0 Å². The van der Waals surface area contributed by atoms with Crippen LogP contribution in [-0.2, 0) is 5.41 Å². The second-order valence-corrected chi connectivity index (χ2v) is 8.75. The molecule has 0 atom stereocenters. The van der Waals surface area contributed by atoms with Crippen molar-refractivity contribution in [2.24, 2.45) is 0 Å². The highest BCUT2D eigenvalue weighted by atomic mass is 16.3. The monoisotopic (exact) mass is 440 g/mol. The SMILES string of the molecule is Cc1cc(C(c2ccc(O)c(C)c2)(c2ccc(O)c(C)c2)c2ccc(O)cc2C)ccc1O. The van der Waals surface area contributed by atoms with Crippen molar-refractivity contribution >= 4 is 0 Å². The Kier molecular flexibility index (Phi) is 5.54. The van der Waals surface area contributed by atoms with Crippen LogP contribution in [0, 0.1) is 27.7 Å². The number of phenolic OH excluding ortho intramolecular Hbond substituents is 4. The fourth-order valence-corrected chi connectivity index (χ4v) is 4.70. The van der Waals surface area contributed by atoms with Gasteiger partial charge in [-0.25, -0.2) is 0 Å². The van der Waals surface area contributed by atoms with Gasteiger partial charge in [0.1, 0.15) is 23.0 Å². The molecule has 4 nitrogen and oxygen atoms in total. The summed E-state index contributed by atoms with van der Waals surface area (Å²) in [5, 5.41) is 41.0. The Morgan fingerprint density at radius 2 is 0.848 bits per heavy atom. The zero-order chi connectivity index (χ0) is 23.9. The van der Waals surface area contributed by atoms with Crippen LogP contribution < -0.4 is 0 Å². The summed E-state index contributed by atoms with van der Waals surface area (Å²) in [5.74, 6) is 0.798. The van der Waals surface area contributed by atoms with Gasteiger partial charge in [0, 0.05) is 0 Å². The van der Waals surface area contributed by atoms with Crippen molar-refractivity contribution in [1.29, 1.82) is 0 Å². The first-order chi connectivity index (χ1) is 15.6. The molecule has 0 aromatic heterocycles. The highest BCUT2D eigenvalue weighted by Crippen LogP contribution is 2.48. The maximum absolute atomic E-state index is 10.3. The first kappa shape index (κ1) is 22.3. The van der Waals surface area contributed by atoms with Crippen molar-refractivity contribution in [3.05, 3.63) is 117 Å². The first-order valence-corrected chi connectivity index (χ1v) is 10.8. The molecule has 4 aromatic rings. The minimum atomic E-state index is -0.840. The fourth-order valence-electron chi connectivity index (χ4n) is 4.70. The molecule has 0 aliphatic heterocycles. The number of hydrogen-bond acceptors (Lipinski definition) is 4. The Morgan fingerprint density at radius 3 is 1.18 bits per heavy atom. The van der Waals surface area contributed by atoms with Gasteiger partial charge in [0.05, 0.1) is 5.41 Å². The topological polar surface area (TPSA) is 80.9 Å². The maximum Gasteiger partial charge on any atom is 0.118 e. The molecular weight excluding hydrogens is 412 g/mol. The lowest BCUT2D eigenvalue weighted by Gasteiger charge is -2.38. The Hall–Kier alpha value is -3.92. The highest BCUT2D eigenvalue weighted by Gasteiger charge is 2.40. The van der Waals surface area contributed by atoms with Crippen molar-refractivity contribution in [2.75, 3.05) is 0 Å². The number of phenols is 4. The van der Waals surface area contributed by atoms with Crippen molar-refractivity contribution in [3.63, 3.8) is 0 Å². The van der Waals surface area contributed by atoms with E-state index in [-0.39, 0.29) is 23.0 Å². The smallest absolute Gasteiger partial charge is 0.118 e. The third kappa shape index (κ3) is 3.68. The van der Waals surface area contributed by atoms with Gasteiger partial charge >= 0.3 is 0 Å². The number of hydrogen-bond donors (Lipinski definition) is 4. The molecule has 4 aromatic carbocycles. The van der Waals surface area contributed by atoms with Crippen LogP contribution in [0.1, 0.15) is 44.5 Å². The number of aromatic hydroxyl groups is 4. The minimum absolute atomic E-state index is 0.177. The van der Waals surface area contributed by atoms with Crippen LogP contribution in [-0.4, -0.2) is 20.4 Å². The molecule has 0 aliphatic carbocycles. The van der Waals surface area contributed by atoms with Gasteiger partial charge in [-0.15, -0.1) is 0 Å². The summed E-state index contributed by atoms with van der Waals surface area (Å²) < 4.78 is 0. The van der Waals surface area contributed by atoms with Crippen LogP contribution in [0.2, 0.25) is 0 Å². The Morgan fingerprint density at radius 1 is 0.455 bits per heavy atom. The van der Waals surface area contributed by atoms with Gasteiger partial charge in [-0.2, -0.15) is 0 Å². The van der Waals surface area contributed by atoms with Gasteiger partial charge in [0.2, 0.25) is 0 Å². The predicted octanol–water partition coefficient (Wildman–Crippen LogP) is 6.13. The fraction of sp³-hybridized carbons (Fsp3) is 0.172. The molecule has 4 N–H and O–H groups in total. The number of benzene rings is 4. The molecule has 0 amide bonds. The molecule has 0 aliphatic rings. The summed E-state index contributed by atoms with van der Waals surface area (Å²) in [6.07, 6.45) is 0. The van der Waals surface area contributed by atoms with E-state index in [2.05, 4.69) is 0 Å². The lowest BCUT2D eigenvalue weighted by Crippen LogP contribution is -2.32. The molecule has 0 saturated heterocycles. The zero-order valence-corrected chi connectivity index (χ0v) is 19.2. The highest BCUT2D eigenvalue weighted by molar-refractivity contribution is 5.64. The van der Waals surface area contributed by atoms with Crippen LogP contribution in [0.25, 0.3) is 0 Å². The van der Waals surface area contributed by atoms with E-state index in [0.29, 0.717) is 0 Å². The summed E-state index contributed by atoms with van der Waals surface area (Å²) >= 11 is 0. The summed E-state index contributed by atoms with van der Waals surface area (Å²) in [5.41, 5.74) is 5.95. The van der Waals surface area contributed by atoms with E-state index < -0.39 is 5.41 Å². The van der Waals surface area contributed by atoms with Gasteiger partial charge in [-0.3, -0.25) is 0 Å². The van der Waals surface area contributed by atoms with Crippen molar-refractivity contribution < 1.29 is 20.4 Å². The van der Waals surface area contributed by atoms with E-state index in [1.54, 1.807) is 30.3 Å². The molecule has 0 bridgehead atoms. The Balaban J connectivity index is 2.23. The minimum Gasteiger partial charge on any atom is -0.508 e. The van der Waals surface area contributed by atoms with Crippen LogP contribution in [0.4, 0.5) is 0 Å². The lowest BCUT2D eigenvalue weighted by atomic mass is 9.63. The van der Waals surface area contributed by atoms with E-state index in [4.69, 9.17) is 0 Å². The first-order valence-electron chi connectivity index (χ1n) is 10.8. The van der Waals surface area contributed by atoms with Crippen molar-refractivity contribution in [2.45, 2.75) is 33.1 Å². The van der Waals surface area contributed by atoms with Crippen molar-refractivity contribution in [3.8, 4) is 23.0 Å². The summed E-state index contributed by atoms with van der Waals surface area (Å²) in [6.45, 7) is 7.53. The van der Waals surface area contributed by atoms with Crippen LogP contribution in [0.5, 0.6) is 23.0 Å². The van der Waals surface area contributed by atoms with E-state index >= 15 is 0 Å². The van der Waals surface area contributed by atoms with Gasteiger partial charge in [0.15, 0.2) is 0 Å². The third-order valence-corrected chi connectivity index (χ3v) is 6.50. The van der Waals surface area contributed by atoms with E-state index in [1.807, 2.05) is 70.2 Å². The summed E-state index contributed by atoms with van der Waals surface area (Å²) in [7, 11) is 0. The standard InChI is InChI=1S/C29H28O4/c1-17-16-24(30)8-9-25(17)29(21-5-10-26(31)18(2)13-21,22-6-11-27(32)19(3)14-22)23-7-12-28(33)20(4)15-23/h5-16,30-33H,1-4H3. The number of rotatable bonds is 4. The molecule has 4 heteroatoms. The van der Waals surface area contributed by atoms with E-state index in [9.17, 15) is 20.4 Å². The van der Waals surface area contributed by atoms with Gasteiger partial charge in [0.25, 0.3) is 0 Å². The molecule has 168 valence electrons. The van der Waals surface area contributed by atoms with Gasteiger partial charge < -0.3 is 20.4 Å². The molecule has 0 spiro atoms. The Labute approximate surface area is 194 Å². The molecule has 4 rings (SSSR count). The molecule has 0 fully saturated rings. The molecular formula is C29H28O4. The second kappa shape index (κ2) is 8.21. The van der Waals surface area contributed by atoms with Crippen molar-refractivity contribution in [1.82, 2.24) is 0 Å². The summed E-state index contributed by atoms with van der Waals surface area (Å²) in [4.78, 5) is 0. The summed E-state index contributed by atoms with van der Waals surface area (Å²) in [6, 6.07) is 22.0. The van der Waals surface area contributed by atoms with Crippen LogP contribution in [0.15, 0.2) is 72.8 Å². The molecule has 0 heterocycles. The lowest BCUT2D eigenvalue weighted by molar-refractivity contribution is 0.470.